The van der Waals surface area contributed by atoms with E-state index in [9.17, 15) is 4.79 Å². The van der Waals surface area contributed by atoms with Crippen LogP contribution < -0.4 is 5.32 Å². The van der Waals surface area contributed by atoms with E-state index in [4.69, 9.17) is 5.11 Å². The summed E-state index contributed by atoms with van der Waals surface area (Å²) in [6.07, 6.45) is 0. The Hall–Kier alpha value is -1.03. The summed E-state index contributed by atoms with van der Waals surface area (Å²) < 4.78 is 1.07. The number of aryl methyl sites for hydroxylation is 2. The second kappa shape index (κ2) is 5.54. The molecule has 94 valence electrons. The second-order valence-corrected chi connectivity index (χ2v) is 5.42. The van der Waals surface area contributed by atoms with Crippen molar-refractivity contribution < 1.29 is 9.90 Å². The molecule has 1 aromatic rings. The number of hydrogen-bond acceptors (Lipinski definition) is 2. The number of hydrogen-bond donors (Lipinski definition) is 2. The van der Waals surface area contributed by atoms with Crippen LogP contribution in [0.1, 0.15) is 25.0 Å². The number of carboxylic acid groups (broad SMARTS) is 1. The van der Waals surface area contributed by atoms with E-state index in [0.29, 0.717) is 0 Å². The van der Waals surface area contributed by atoms with Gasteiger partial charge in [-0.05, 0) is 43.0 Å². The Bertz CT molecular complexity index is 406. The first-order valence-electron chi connectivity index (χ1n) is 5.59. The third kappa shape index (κ3) is 3.46. The van der Waals surface area contributed by atoms with Gasteiger partial charge >= 0.3 is 5.97 Å². The van der Waals surface area contributed by atoms with Gasteiger partial charge in [0.2, 0.25) is 0 Å². The van der Waals surface area contributed by atoms with Crippen molar-refractivity contribution in [2.45, 2.75) is 33.7 Å². The highest BCUT2D eigenvalue weighted by atomic mass is 79.9. The topological polar surface area (TPSA) is 49.3 Å². The Morgan fingerprint density at radius 3 is 2.12 bits per heavy atom. The molecule has 0 bridgehead atoms. The van der Waals surface area contributed by atoms with Crippen LogP contribution in [0, 0.1) is 19.8 Å². The number of nitrogens with one attached hydrogen (secondary N) is 1. The van der Waals surface area contributed by atoms with Crippen LogP contribution in [0.25, 0.3) is 0 Å². The third-order valence-corrected chi connectivity index (χ3v) is 3.94. The molecule has 1 atom stereocenters. The number of benzene rings is 1. The molecule has 1 rings (SSSR count). The van der Waals surface area contributed by atoms with Gasteiger partial charge in [-0.15, -0.1) is 0 Å². The Labute approximate surface area is 110 Å². The molecular weight excluding hydrogens is 282 g/mol. The molecule has 0 radical (unpaired) electrons. The van der Waals surface area contributed by atoms with Crippen molar-refractivity contribution in [2.24, 2.45) is 5.92 Å². The first-order valence-corrected chi connectivity index (χ1v) is 6.38. The van der Waals surface area contributed by atoms with Gasteiger partial charge in [0.15, 0.2) is 0 Å². The number of anilines is 1. The predicted molar refractivity (Wildman–Crippen MR) is 73.5 cm³/mol. The minimum absolute atomic E-state index is 0.0387. The van der Waals surface area contributed by atoms with E-state index in [1.807, 2.05) is 39.8 Å². The van der Waals surface area contributed by atoms with Gasteiger partial charge in [-0.1, -0.05) is 29.8 Å². The van der Waals surface area contributed by atoms with E-state index >= 15 is 0 Å². The molecule has 0 saturated heterocycles. The maximum atomic E-state index is 11.1. The molecule has 4 heteroatoms. The van der Waals surface area contributed by atoms with Crippen LogP contribution in [0.15, 0.2) is 16.6 Å². The summed E-state index contributed by atoms with van der Waals surface area (Å²) in [5.74, 6) is -0.782. The summed E-state index contributed by atoms with van der Waals surface area (Å²) in [6.45, 7) is 7.77. The molecule has 1 unspecified atom stereocenters. The predicted octanol–water partition coefficient (Wildman–Crippen LogP) is 3.59. The Morgan fingerprint density at radius 2 is 1.76 bits per heavy atom. The molecule has 3 nitrogen and oxygen atoms in total. The van der Waals surface area contributed by atoms with E-state index < -0.39 is 12.0 Å². The quantitative estimate of drug-likeness (QED) is 0.893. The average Bonchev–Trinajstić information content (AvgIpc) is 2.21. The summed E-state index contributed by atoms with van der Waals surface area (Å²) in [4.78, 5) is 11.1. The summed E-state index contributed by atoms with van der Waals surface area (Å²) in [5, 5.41) is 12.2. The fourth-order valence-corrected chi connectivity index (χ4v) is 1.95. The molecule has 0 fully saturated rings. The zero-order valence-electron chi connectivity index (χ0n) is 10.5. The fourth-order valence-electron chi connectivity index (χ4n) is 1.72. The van der Waals surface area contributed by atoms with Gasteiger partial charge in [0, 0.05) is 10.2 Å². The van der Waals surface area contributed by atoms with Crippen molar-refractivity contribution in [3.63, 3.8) is 0 Å². The molecule has 0 saturated carbocycles. The van der Waals surface area contributed by atoms with Crippen molar-refractivity contribution in [3.8, 4) is 0 Å². The summed E-state index contributed by atoms with van der Waals surface area (Å²) >= 11 is 3.49. The van der Waals surface area contributed by atoms with Crippen LogP contribution in [0.3, 0.4) is 0 Å². The highest BCUT2D eigenvalue weighted by Crippen LogP contribution is 2.26. The van der Waals surface area contributed by atoms with Gasteiger partial charge in [-0.2, -0.15) is 0 Å². The molecule has 0 amide bonds. The third-order valence-electron chi connectivity index (χ3n) is 2.69. The van der Waals surface area contributed by atoms with Gasteiger partial charge in [-0.3, -0.25) is 0 Å². The molecule has 0 spiro atoms. The zero-order chi connectivity index (χ0) is 13.2. The molecule has 17 heavy (non-hydrogen) atoms. The van der Waals surface area contributed by atoms with E-state index in [1.54, 1.807) is 0 Å². The molecule has 0 aliphatic rings. The number of carboxylic acids is 1. The van der Waals surface area contributed by atoms with Crippen LogP contribution in [-0.4, -0.2) is 17.1 Å². The van der Waals surface area contributed by atoms with Gasteiger partial charge < -0.3 is 10.4 Å². The SMILES string of the molecule is Cc1cc(NC(C(=O)O)C(C)C)cc(C)c1Br. The van der Waals surface area contributed by atoms with Crippen LogP contribution in [0.2, 0.25) is 0 Å². The molecule has 1 aromatic carbocycles. The number of carbonyl (C=O) groups is 1. The first kappa shape index (κ1) is 14.0. The Kier molecular flexibility index (Phi) is 4.57. The van der Waals surface area contributed by atoms with E-state index in [0.717, 1.165) is 21.3 Å². The lowest BCUT2D eigenvalue weighted by atomic mass is 10.0. The van der Waals surface area contributed by atoms with Crippen molar-refractivity contribution in [3.05, 3.63) is 27.7 Å². The minimum atomic E-state index is -0.821. The van der Waals surface area contributed by atoms with E-state index in [1.165, 1.54) is 0 Å². The first-order chi connectivity index (χ1) is 7.82. The monoisotopic (exact) mass is 299 g/mol. The summed E-state index contributed by atoms with van der Waals surface area (Å²) in [5.41, 5.74) is 3.05. The van der Waals surface area contributed by atoms with Crippen molar-refractivity contribution in [2.75, 3.05) is 5.32 Å². The number of rotatable bonds is 4. The van der Waals surface area contributed by atoms with Crippen LogP contribution in [0.4, 0.5) is 5.69 Å². The molecule has 2 N–H and O–H groups in total. The summed E-state index contributed by atoms with van der Waals surface area (Å²) in [7, 11) is 0. The van der Waals surface area contributed by atoms with Gasteiger partial charge in [0.25, 0.3) is 0 Å². The molecule has 0 aromatic heterocycles. The summed E-state index contributed by atoms with van der Waals surface area (Å²) in [6, 6.07) is 3.35. The molecular formula is C13H18BrNO2. The van der Waals surface area contributed by atoms with Crippen LogP contribution >= 0.6 is 15.9 Å². The zero-order valence-corrected chi connectivity index (χ0v) is 12.1. The maximum absolute atomic E-state index is 11.1. The van der Waals surface area contributed by atoms with E-state index in [-0.39, 0.29) is 5.92 Å². The minimum Gasteiger partial charge on any atom is -0.480 e. The average molecular weight is 300 g/mol. The van der Waals surface area contributed by atoms with Crippen LogP contribution in [-0.2, 0) is 4.79 Å². The molecule has 0 heterocycles. The van der Waals surface area contributed by atoms with Gasteiger partial charge in [0.1, 0.15) is 6.04 Å². The lowest BCUT2D eigenvalue weighted by Crippen LogP contribution is -2.34. The van der Waals surface area contributed by atoms with Gasteiger partial charge in [-0.25, -0.2) is 4.79 Å². The maximum Gasteiger partial charge on any atom is 0.326 e. The number of aliphatic carboxylic acids is 1. The normalized spacial score (nSPS) is 12.6. The Morgan fingerprint density at radius 1 is 1.29 bits per heavy atom. The molecule has 0 aliphatic carbocycles. The smallest absolute Gasteiger partial charge is 0.326 e. The standard InChI is InChI=1S/C13H18BrNO2/c1-7(2)12(13(16)17)15-10-5-8(3)11(14)9(4)6-10/h5-7,12,15H,1-4H3,(H,16,17). The lowest BCUT2D eigenvalue weighted by Gasteiger charge is -2.20. The van der Waals surface area contributed by atoms with E-state index in [2.05, 4.69) is 21.2 Å². The van der Waals surface area contributed by atoms with Crippen molar-refractivity contribution >= 4 is 27.6 Å². The highest BCUT2D eigenvalue weighted by molar-refractivity contribution is 9.10. The highest BCUT2D eigenvalue weighted by Gasteiger charge is 2.21. The number of halogens is 1. The van der Waals surface area contributed by atoms with Crippen LogP contribution in [0.5, 0.6) is 0 Å². The second-order valence-electron chi connectivity index (χ2n) is 4.63. The lowest BCUT2D eigenvalue weighted by molar-refractivity contribution is -0.138. The van der Waals surface area contributed by atoms with Crippen molar-refractivity contribution in [1.82, 2.24) is 0 Å². The molecule has 0 aliphatic heterocycles. The van der Waals surface area contributed by atoms with Crippen molar-refractivity contribution in [1.29, 1.82) is 0 Å². The van der Waals surface area contributed by atoms with Gasteiger partial charge in [0.05, 0.1) is 0 Å². The fraction of sp³-hybridized carbons (Fsp3) is 0.462. The Balaban J connectivity index is 2.98. The largest absolute Gasteiger partial charge is 0.480 e.